The minimum absolute atomic E-state index is 0.293. The molecule has 1 N–H and O–H groups in total. The van der Waals surface area contributed by atoms with E-state index in [-0.39, 0.29) is 0 Å². The molecule has 0 atom stereocenters. The lowest BCUT2D eigenvalue weighted by molar-refractivity contribution is -0.137. The molecule has 1 aromatic rings. The third-order valence-corrected chi connectivity index (χ3v) is 4.28. The number of nitrogens with zero attached hydrogens (tertiary/aromatic N) is 2. The summed E-state index contributed by atoms with van der Waals surface area (Å²) in [5.74, 6) is 0.293. The summed E-state index contributed by atoms with van der Waals surface area (Å²) < 4.78 is 38.0. The number of nitrogens with one attached hydrogen (secondary N) is 1. The molecule has 25 heavy (non-hydrogen) atoms. The molecule has 1 aliphatic heterocycles. The van der Waals surface area contributed by atoms with Crippen molar-refractivity contribution in [2.24, 2.45) is 10.9 Å². The minimum atomic E-state index is -4.33. The van der Waals surface area contributed by atoms with Gasteiger partial charge in [0.05, 0.1) is 17.0 Å². The van der Waals surface area contributed by atoms with Gasteiger partial charge in [-0.3, -0.25) is 4.99 Å². The standard InChI is InChI=1S/C19H24F3N3/c1-4-11-23-18(15-9-12-25(3)13-10-15)14(2)24-17-7-5-16(6-8-17)19(20,21)22/h4-8,11,15,24H,2,9-10,12-13H2,1,3H3/b11-4-,23-18+. The molecule has 1 fully saturated rings. The summed E-state index contributed by atoms with van der Waals surface area (Å²) >= 11 is 0. The van der Waals surface area contributed by atoms with Gasteiger partial charge in [0.25, 0.3) is 0 Å². The average molecular weight is 351 g/mol. The summed E-state index contributed by atoms with van der Waals surface area (Å²) in [6.45, 7) is 7.93. The molecule has 2 rings (SSSR count). The molecule has 1 aliphatic rings. The molecule has 6 heteroatoms. The molecule has 1 heterocycles. The molecule has 0 spiro atoms. The third-order valence-electron chi connectivity index (χ3n) is 4.28. The van der Waals surface area contributed by atoms with Crippen LogP contribution in [-0.4, -0.2) is 30.7 Å². The second-order valence-corrected chi connectivity index (χ2v) is 6.25. The van der Waals surface area contributed by atoms with Crippen LogP contribution < -0.4 is 5.32 Å². The van der Waals surface area contributed by atoms with Crippen LogP contribution in [0.25, 0.3) is 0 Å². The first-order valence-corrected chi connectivity index (χ1v) is 8.32. The van der Waals surface area contributed by atoms with Crippen LogP contribution in [0.4, 0.5) is 18.9 Å². The SMILES string of the molecule is C=C(Nc1ccc(C(F)(F)F)cc1)/C(=N\C=C/C)C1CCN(C)CC1. The Morgan fingerprint density at radius 2 is 1.84 bits per heavy atom. The quantitative estimate of drug-likeness (QED) is 0.760. The van der Waals surface area contributed by atoms with Crippen LogP contribution in [-0.2, 0) is 6.18 Å². The van der Waals surface area contributed by atoms with E-state index in [2.05, 4.69) is 28.8 Å². The van der Waals surface area contributed by atoms with Gasteiger partial charge in [-0.2, -0.15) is 13.2 Å². The lowest BCUT2D eigenvalue weighted by Crippen LogP contribution is -2.34. The van der Waals surface area contributed by atoms with E-state index in [9.17, 15) is 13.2 Å². The summed E-state index contributed by atoms with van der Waals surface area (Å²) in [7, 11) is 2.09. The number of benzene rings is 1. The molecule has 0 unspecified atom stereocenters. The van der Waals surface area contributed by atoms with Gasteiger partial charge in [0.15, 0.2) is 0 Å². The molecule has 136 valence electrons. The Hall–Kier alpha value is -2.08. The summed E-state index contributed by atoms with van der Waals surface area (Å²) in [6, 6.07) is 4.95. The van der Waals surface area contributed by atoms with Gasteiger partial charge in [-0.15, -0.1) is 0 Å². The fraction of sp³-hybridized carbons (Fsp3) is 0.421. The van der Waals surface area contributed by atoms with Crippen molar-refractivity contribution in [3.63, 3.8) is 0 Å². The normalized spacial score (nSPS) is 17.9. The number of hydrogen-bond acceptors (Lipinski definition) is 3. The molecule has 1 aromatic carbocycles. The van der Waals surface area contributed by atoms with Gasteiger partial charge in [0.2, 0.25) is 0 Å². The zero-order valence-corrected chi connectivity index (χ0v) is 14.6. The number of likely N-dealkylation sites (tertiary alicyclic amines) is 1. The van der Waals surface area contributed by atoms with Crippen LogP contribution in [0, 0.1) is 5.92 Å². The van der Waals surface area contributed by atoms with Crippen molar-refractivity contribution >= 4 is 11.4 Å². The van der Waals surface area contributed by atoms with Crippen molar-refractivity contribution in [3.05, 3.63) is 54.4 Å². The average Bonchev–Trinajstić information content (AvgIpc) is 2.56. The van der Waals surface area contributed by atoms with Crippen molar-refractivity contribution < 1.29 is 13.2 Å². The van der Waals surface area contributed by atoms with E-state index in [1.807, 2.05) is 13.0 Å². The van der Waals surface area contributed by atoms with Crippen molar-refractivity contribution in [1.82, 2.24) is 4.90 Å². The largest absolute Gasteiger partial charge is 0.416 e. The second-order valence-electron chi connectivity index (χ2n) is 6.25. The lowest BCUT2D eigenvalue weighted by Gasteiger charge is -2.30. The van der Waals surface area contributed by atoms with E-state index in [1.54, 1.807) is 6.20 Å². The lowest BCUT2D eigenvalue weighted by atomic mass is 9.90. The third kappa shape index (κ3) is 5.46. The smallest absolute Gasteiger partial charge is 0.355 e. The predicted molar refractivity (Wildman–Crippen MR) is 96.7 cm³/mol. The van der Waals surface area contributed by atoms with Crippen LogP contribution in [0.2, 0.25) is 0 Å². The molecule has 0 bridgehead atoms. The number of hydrogen-bond donors (Lipinski definition) is 1. The maximum Gasteiger partial charge on any atom is 0.416 e. The van der Waals surface area contributed by atoms with E-state index in [0.717, 1.165) is 43.8 Å². The van der Waals surface area contributed by atoms with Crippen molar-refractivity contribution in [2.75, 3.05) is 25.5 Å². The van der Waals surface area contributed by atoms with Crippen molar-refractivity contribution in [1.29, 1.82) is 0 Å². The van der Waals surface area contributed by atoms with Crippen LogP contribution in [0.15, 0.2) is 53.8 Å². The number of aliphatic imine (C=N–C) groups is 1. The number of anilines is 1. The Kier molecular flexibility index (Phi) is 6.42. The van der Waals surface area contributed by atoms with Gasteiger partial charge in [-0.1, -0.05) is 12.7 Å². The zero-order valence-electron chi connectivity index (χ0n) is 14.6. The molecular formula is C19H24F3N3. The second kappa shape index (κ2) is 8.34. The zero-order chi connectivity index (χ0) is 18.4. The monoisotopic (exact) mass is 351 g/mol. The topological polar surface area (TPSA) is 27.6 Å². The van der Waals surface area contributed by atoms with Gasteiger partial charge in [-0.05, 0) is 64.2 Å². The Labute approximate surface area is 146 Å². The number of alkyl halides is 3. The maximum atomic E-state index is 12.7. The van der Waals surface area contributed by atoms with Crippen LogP contribution >= 0.6 is 0 Å². The van der Waals surface area contributed by atoms with Crippen molar-refractivity contribution in [3.8, 4) is 0 Å². The van der Waals surface area contributed by atoms with Crippen LogP contribution in [0.1, 0.15) is 25.3 Å². The number of allylic oxidation sites excluding steroid dienone is 2. The first kappa shape index (κ1) is 19.2. The molecule has 0 amide bonds. The molecule has 0 radical (unpaired) electrons. The Balaban J connectivity index is 2.11. The number of halogens is 3. The van der Waals surface area contributed by atoms with Gasteiger partial charge in [0, 0.05) is 17.8 Å². The van der Waals surface area contributed by atoms with E-state index in [0.29, 0.717) is 17.3 Å². The Morgan fingerprint density at radius 1 is 1.24 bits per heavy atom. The fourth-order valence-electron chi connectivity index (χ4n) is 2.85. The summed E-state index contributed by atoms with van der Waals surface area (Å²) in [6.07, 6.45) is 1.22. The highest BCUT2D eigenvalue weighted by molar-refractivity contribution is 6.04. The highest BCUT2D eigenvalue weighted by atomic mass is 19.4. The van der Waals surface area contributed by atoms with Gasteiger partial charge in [-0.25, -0.2) is 0 Å². The first-order chi connectivity index (χ1) is 11.8. The maximum absolute atomic E-state index is 12.7. The molecule has 0 aromatic heterocycles. The highest BCUT2D eigenvalue weighted by Gasteiger charge is 2.30. The molecular weight excluding hydrogens is 327 g/mol. The van der Waals surface area contributed by atoms with E-state index >= 15 is 0 Å². The van der Waals surface area contributed by atoms with Crippen LogP contribution in [0.5, 0.6) is 0 Å². The Morgan fingerprint density at radius 3 is 2.36 bits per heavy atom. The fourth-order valence-corrected chi connectivity index (χ4v) is 2.85. The summed E-state index contributed by atoms with van der Waals surface area (Å²) in [5.41, 5.74) is 1.40. The minimum Gasteiger partial charge on any atom is -0.355 e. The highest BCUT2D eigenvalue weighted by Crippen LogP contribution is 2.30. The number of rotatable bonds is 5. The van der Waals surface area contributed by atoms with E-state index < -0.39 is 11.7 Å². The molecule has 1 saturated heterocycles. The van der Waals surface area contributed by atoms with Gasteiger partial charge in [0.1, 0.15) is 0 Å². The summed E-state index contributed by atoms with van der Waals surface area (Å²) in [5, 5.41) is 3.10. The summed E-state index contributed by atoms with van der Waals surface area (Å²) in [4.78, 5) is 6.79. The molecule has 0 aliphatic carbocycles. The van der Waals surface area contributed by atoms with E-state index in [4.69, 9.17) is 0 Å². The van der Waals surface area contributed by atoms with E-state index in [1.165, 1.54) is 12.1 Å². The van der Waals surface area contributed by atoms with Crippen molar-refractivity contribution in [2.45, 2.75) is 25.9 Å². The Bertz CT molecular complexity index is 637. The first-order valence-electron chi connectivity index (χ1n) is 8.32. The number of piperidine rings is 1. The van der Waals surface area contributed by atoms with Gasteiger partial charge < -0.3 is 10.2 Å². The predicted octanol–water partition coefficient (Wildman–Crippen LogP) is 4.95. The molecule has 3 nitrogen and oxygen atoms in total. The molecule has 0 saturated carbocycles. The van der Waals surface area contributed by atoms with Gasteiger partial charge >= 0.3 is 6.18 Å². The van der Waals surface area contributed by atoms with Crippen LogP contribution in [0.3, 0.4) is 0 Å².